The van der Waals surface area contributed by atoms with Crippen molar-refractivity contribution in [3.8, 4) is 5.69 Å². The number of hydrogen-bond acceptors (Lipinski definition) is 4. The molecule has 7 nitrogen and oxygen atoms in total. The summed E-state index contributed by atoms with van der Waals surface area (Å²) in [6.07, 6.45) is 0. The summed E-state index contributed by atoms with van der Waals surface area (Å²) in [5.74, 6) is -0.407. The molecule has 0 aliphatic carbocycles. The highest BCUT2D eigenvalue weighted by Crippen LogP contribution is 2.23. The molecule has 0 spiro atoms. The molecular formula is C16H21N5O2. The summed E-state index contributed by atoms with van der Waals surface area (Å²) in [5, 5.41) is 12.2. The van der Waals surface area contributed by atoms with E-state index in [-0.39, 0.29) is 0 Å². The van der Waals surface area contributed by atoms with E-state index in [2.05, 4.69) is 21.0 Å². The molecule has 1 aromatic heterocycles. The molecule has 23 heavy (non-hydrogen) atoms. The van der Waals surface area contributed by atoms with Crippen LogP contribution in [0.2, 0.25) is 0 Å². The maximum absolute atomic E-state index is 12.0. The molecule has 2 aromatic rings. The van der Waals surface area contributed by atoms with E-state index in [1.807, 2.05) is 48.9 Å². The normalized spacial score (nSPS) is 11.7. The monoisotopic (exact) mass is 315 g/mol. The van der Waals surface area contributed by atoms with Gasteiger partial charge in [-0.15, -0.1) is 0 Å². The summed E-state index contributed by atoms with van der Waals surface area (Å²) >= 11 is 0. The summed E-state index contributed by atoms with van der Waals surface area (Å²) in [4.78, 5) is 23.2. The van der Waals surface area contributed by atoms with Gasteiger partial charge in [-0.05, 0) is 32.9 Å². The van der Waals surface area contributed by atoms with Crippen LogP contribution in [0.1, 0.15) is 18.3 Å². The van der Waals surface area contributed by atoms with Crippen LogP contribution in [0.15, 0.2) is 30.3 Å². The number of carbonyl (C=O) groups excluding carboxylic acids is 2. The maximum atomic E-state index is 12.0. The van der Waals surface area contributed by atoms with E-state index >= 15 is 0 Å². The molecule has 0 saturated carbocycles. The molecule has 1 heterocycles. The van der Waals surface area contributed by atoms with Crippen molar-refractivity contribution in [1.29, 1.82) is 0 Å². The number of anilines is 1. The van der Waals surface area contributed by atoms with Gasteiger partial charge < -0.3 is 10.6 Å². The molecule has 7 heteroatoms. The molecule has 0 aliphatic rings. The molecule has 3 amide bonds. The average Bonchev–Trinajstić information content (AvgIpc) is 2.83. The highest BCUT2D eigenvalue weighted by atomic mass is 16.2. The second-order valence-corrected chi connectivity index (χ2v) is 5.23. The number of hydrogen-bond donors (Lipinski definition) is 3. The van der Waals surface area contributed by atoms with Crippen LogP contribution < -0.4 is 16.0 Å². The zero-order valence-corrected chi connectivity index (χ0v) is 13.7. The van der Waals surface area contributed by atoms with Crippen LogP contribution in [-0.4, -0.2) is 34.8 Å². The van der Waals surface area contributed by atoms with Crippen molar-refractivity contribution >= 4 is 17.6 Å². The highest BCUT2D eigenvalue weighted by molar-refractivity contribution is 5.98. The number of rotatable bonds is 4. The van der Waals surface area contributed by atoms with Crippen molar-refractivity contribution in [1.82, 2.24) is 20.4 Å². The number of urea groups is 1. The molecule has 0 bridgehead atoms. The number of para-hydroxylation sites is 1. The number of nitrogens with one attached hydrogen (secondary N) is 3. The Bertz CT molecular complexity index is 709. The first-order valence-electron chi connectivity index (χ1n) is 7.34. The van der Waals surface area contributed by atoms with Crippen LogP contribution in [0.4, 0.5) is 10.5 Å². The fourth-order valence-corrected chi connectivity index (χ4v) is 2.24. The van der Waals surface area contributed by atoms with E-state index in [1.165, 1.54) is 7.05 Å². The topological polar surface area (TPSA) is 88.1 Å². The average molecular weight is 315 g/mol. The fourth-order valence-electron chi connectivity index (χ4n) is 2.24. The van der Waals surface area contributed by atoms with E-state index < -0.39 is 18.0 Å². The lowest BCUT2D eigenvalue weighted by Crippen LogP contribution is -2.44. The Labute approximate surface area is 135 Å². The lowest BCUT2D eigenvalue weighted by molar-refractivity contribution is -0.120. The van der Waals surface area contributed by atoms with Crippen LogP contribution in [0.3, 0.4) is 0 Å². The molecule has 1 atom stereocenters. The van der Waals surface area contributed by atoms with E-state index in [1.54, 1.807) is 6.92 Å². The van der Waals surface area contributed by atoms with Gasteiger partial charge in [-0.1, -0.05) is 18.2 Å². The number of carbonyl (C=O) groups is 2. The van der Waals surface area contributed by atoms with E-state index in [0.717, 1.165) is 22.8 Å². The van der Waals surface area contributed by atoms with Crippen LogP contribution in [0.25, 0.3) is 5.69 Å². The van der Waals surface area contributed by atoms with Gasteiger partial charge in [0, 0.05) is 7.05 Å². The molecule has 0 unspecified atom stereocenters. The zero-order valence-electron chi connectivity index (χ0n) is 13.7. The SMILES string of the molecule is CNC(=O)NC(=O)[C@H](C)Nc1c(C)nn(-c2ccccc2)c1C. The molecule has 0 radical (unpaired) electrons. The number of benzene rings is 1. The Morgan fingerprint density at radius 1 is 1.17 bits per heavy atom. The van der Waals surface area contributed by atoms with Crippen LogP contribution in [0, 0.1) is 13.8 Å². The minimum absolute atomic E-state index is 0.407. The molecule has 122 valence electrons. The van der Waals surface area contributed by atoms with Crippen LogP contribution >= 0.6 is 0 Å². The van der Waals surface area contributed by atoms with Crippen LogP contribution in [0.5, 0.6) is 0 Å². The minimum Gasteiger partial charge on any atom is -0.371 e. The van der Waals surface area contributed by atoms with Gasteiger partial charge in [0.15, 0.2) is 0 Å². The summed E-state index contributed by atoms with van der Waals surface area (Å²) in [7, 11) is 1.46. The standard InChI is InChI=1S/C16H21N5O2/c1-10-14(18-11(2)15(22)19-16(23)17-4)12(3)21(20-10)13-8-6-5-7-9-13/h5-9,11,18H,1-4H3,(H2,17,19,22,23)/t11-/m0/s1. The third kappa shape index (κ3) is 3.68. The quantitative estimate of drug-likeness (QED) is 0.802. The van der Waals surface area contributed by atoms with Crippen molar-refractivity contribution in [2.45, 2.75) is 26.8 Å². The van der Waals surface area contributed by atoms with Gasteiger partial charge in [-0.3, -0.25) is 10.1 Å². The second kappa shape index (κ2) is 6.95. The molecule has 0 fully saturated rings. The largest absolute Gasteiger partial charge is 0.371 e. The highest BCUT2D eigenvalue weighted by Gasteiger charge is 2.19. The summed E-state index contributed by atoms with van der Waals surface area (Å²) in [6.45, 7) is 5.49. The fraction of sp³-hybridized carbons (Fsp3) is 0.312. The Hall–Kier alpha value is -2.83. The molecule has 0 saturated heterocycles. The van der Waals surface area contributed by atoms with Gasteiger partial charge in [0.1, 0.15) is 6.04 Å². The van der Waals surface area contributed by atoms with Crippen molar-refractivity contribution in [2.75, 3.05) is 12.4 Å². The first-order valence-corrected chi connectivity index (χ1v) is 7.34. The number of aromatic nitrogens is 2. The minimum atomic E-state index is -0.571. The smallest absolute Gasteiger partial charge is 0.321 e. The predicted octanol–water partition coefficient (Wildman–Crippen LogP) is 1.75. The number of aryl methyl sites for hydroxylation is 1. The Kier molecular flexibility index (Phi) is 5.00. The summed E-state index contributed by atoms with van der Waals surface area (Å²) in [5.41, 5.74) is 3.41. The van der Waals surface area contributed by atoms with E-state index in [4.69, 9.17) is 0 Å². The van der Waals surface area contributed by atoms with Gasteiger partial charge in [0.05, 0.1) is 22.8 Å². The van der Waals surface area contributed by atoms with Gasteiger partial charge in [0.25, 0.3) is 0 Å². The predicted molar refractivity (Wildman–Crippen MR) is 88.7 cm³/mol. The number of nitrogens with zero attached hydrogens (tertiary/aromatic N) is 2. The van der Waals surface area contributed by atoms with Gasteiger partial charge >= 0.3 is 6.03 Å². The third-order valence-electron chi connectivity index (χ3n) is 3.51. The second-order valence-electron chi connectivity index (χ2n) is 5.23. The van der Waals surface area contributed by atoms with Gasteiger partial charge in [-0.25, -0.2) is 9.48 Å². The Morgan fingerprint density at radius 2 is 1.83 bits per heavy atom. The molecule has 2 rings (SSSR count). The number of imide groups is 1. The van der Waals surface area contributed by atoms with Crippen molar-refractivity contribution < 1.29 is 9.59 Å². The number of amides is 3. The lowest BCUT2D eigenvalue weighted by atomic mass is 10.2. The first-order chi connectivity index (χ1) is 10.9. The van der Waals surface area contributed by atoms with E-state index in [0.29, 0.717) is 0 Å². The lowest BCUT2D eigenvalue weighted by Gasteiger charge is -2.15. The van der Waals surface area contributed by atoms with Crippen LogP contribution in [-0.2, 0) is 4.79 Å². The zero-order chi connectivity index (χ0) is 17.0. The van der Waals surface area contributed by atoms with Crippen molar-refractivity contribution in [3.05, 3.63) is 41.7 Å². The summed E-state index contributed by atoms with van der Waals surface area (Å²) < 4.78 is 1.82. The Balaban J connectivity index is 2.19. The summed E-state index contributed by atoms with van der Waals surface area (Å²) in [6, 6.07) is 8.65. The molecule has 1 aromatic carbocycles. The Morgan fingerprint density at radius 3 is 2.43 bits per heavy atom. The van der Waals surface area contributed by atoms with Gasteiger partial charge in [-0.2, -0.15) is 5.10 Å². The molecule has 0 aliphatic heterocycles. The van der Waals surface area contributed by atoms with E-state index in [9.17, 15) is 9.59 Å². The van der Waals surface area contributed by atoms with Crippen molar-refractivity contribution in [3.63, 3.8) is 0 Å². The third-order valence-corrected chi connectivity index (χ3v) is 3.51. The van der Waals surface area contributed by atoms with Gasteiger partial charge in [0.2, 0.25) is 5.91 Å². The first kappa shape index (κ1) is 16.5. The molecule has 3 N–H and O–H groups in total. The van der Waals surface area contributed by atoms with Crippen molar-refractivity contribution in [2.24, 2.45) is 0 Å². The maximum Gasteiger partial charge on any atom is 0.321 e. The molecular weight excluding hydrogens is 294 g/mol.